The molecule has 3 heteroatoms. The summed E-state index contributed by atoms with van der Waals surface area (Å²) >= 11 is 3.13. The van der Waals surface area contributed by atoms with Gasteiger partial charge in [0, 0.05) is 5.56 Å². The molecule has 0 spiro atoms. The van der Waals surface area contributed by atoms with Crippen molar-refractivity contribution in [2.45, 2.75) is 0 Å². The van der Waals surface area contributed by atoms with Gasteiger partial charge in [0.05, 0.1) is 4.88 Å². The van der Waals surface area contributed by atoms with Crippen LogP contribution in [0.5, 0.6) is 0 Å². The van der Waals surface area contributed by atoms with E-state index in [4.69, 9.17) is 0 Å². The average Bonchev–Trinajstić information content (AvgIpc) is 3.11. The molecule has 0 atom stereocenters. The summed E-state index contributed by atoms with van der Waals surface area (Å²) in [5.74, 6) is 0.104. The first-order chi connectivity index (χ1) is 8.86. The third-order valence-electron chi connectivity index (χ3n) is 2.75. The van der Waals surface area contributed by atoms with E-state index in [0.717, 1.165) is 21.6 Å². The number of benzene rings is 1. The summed E-state index contributed by atoms with van der Waals surface area (Å²) < 4.78 is 0. The fourth-order valence-corrected chi connectivity index (χ4v) is 3.22. The van der Waals surface area contributed by atoms with Crippen molar-refractivity contribution in [3.05, 3.63) is 69.0 Å². The highest BCUT2D eigenvalue weighted by molar-refractivity contribution is 7.12. The Morgan fingerprint density at radius 3 is 2.56 bits per heavy atom. The molecule has 0 fully saturated rings. The lowest BCUT2D eigenvalue weighted by atomic mass is 9.98. The first-order valence-electron chi connectivity index (χ1n) is 5.56. The van der Waals surface area contributed by atoms with Crippen molar-refractivity contribution in [1.29, 1.82) is 0 Å². The van der Waals surface area contributed by atoms with Gasteiger partial charge in [0.25, 0.3) is 0 Å². The summed E-state index contributed by atoms with van der Waals surface area (Å²) in [6.45, 7) is 0. The second-order valence-corrected chi connectivity index (χ2v) is 5.59. The van der Waals surface area contributed by atoms with Crippen molar-refractivity contribution >= 4 is 28.5 Å². The molecule has 18 heavy (non-hydrogen) atoms. The predicted octanol–water partition coefficient (Wildman–Crippen LogP) is 4.71. The van der Waals surface area contributed by atoms with Gasteiger partial charge in [-0.3, -0.25) is 4.79 Å². The molecule has 1 nitrogen and oxygen atoms in total. The minimum absolute atomic E-state index is 0.104. The Labute approximate surface area is 113 Å². The van der Waals surface area contributed by atoms with Crippen molar-refractivity contribution in [3.8, 4) is 11.1 Å². The zero-order valence-electron chi connectivity index (χ0n) is 9.50. The average molecular weight is 270 g/mol. The van der Waals surface area contributed by atoms with Crippen LogP contribution in [-0.4, -0.2) is 5.78 Å². The molecule has 2 aromatic heterocycles. The van der Waals surface area contributed by atoms with Gasteiger partial charge in [0.1, 0.15) is 0 Å². The van der Waals surface area contributed by atoms with E-state index < -0.39 is 0 Å². The summed E-state index contributed by atoms with van der Waals surface area (Å²) in [6.07, 6.45) is 0. The van der Waals surface area contributed by atoms with E-state index >= 15 is 0 Å². The van der Waals surface area contributed by atoms with Crippen LogP contribution in [0.3, 0.4) is 0 Å². The first kappa shape index (κ1) is 11.4. The van der Waals surface area contributed by atoms with E-state index in [9.17, 15) is 4.79 Å². The van der Waals surface area contributed by atoms with Crippen molar-refractivity contribution in [2.24, 2.45) is 0 Å². The molecule has 0 aliphatic heterocycles. The number of carbonyl (C=O) groups is 1. The Bertz CT molecular complexity index is 652. The molecule has 3 aromatic rings. The van der Waals surface area contributed by atoms with Gasteiger partial charge in [-0.1, -0.05) is 30.3 Å². The van der Waals surface area contributed by atoms with Crippen LogP contribution in [-0.2, 0) is 0 Å². The monoisotopic (exact) mass is 270 g/mol. The molecule has 0 saturated heterocycles. The number of thiophene rings is 2. The topological polar surface area (TPSA) is 17.1 Å². The SMILES string of the molecule is O=C(c1cccs1)c1ccccc1-c1ccsc1. The van der Waals surface area contributed by atoms with Crippen LogP contribution in [0.1, 0.15) is 15.2 Å². The highest BCUT2D eigenvalue weighted by Crippen LogP contribution is 2.28. The smallest absolute Gasteiger partial charge is 0.203 e. The molecule has 0 bridgehead atoms. The quantitative estimate of drug-likeness (QED) is 0.630. The summed E-state index contributed by atoms with van der Waals surface area (Å²) in [5, 5.41) is 6.03. The largest absolute Gasteiger partial charge is 0.288 e. The Kier molecular flexibility index (Phi) is 3.09. The molecule has 88 valence electrons. The third kappa shape index (κ3) is 2.03. The molecule has 3 rings (SSSR count). The maximum atomic E-state index is 12.4. The van der Waals surface area contributed by atoms with E-state index in [2.05, 4.69) is 5.38 Å². The van der Waals surface area contributed by atoms with Gasteiger partial charge in [0.15, 0.2) is 0 Å². The highest BCUT2D eigenvalue weighted by Gasteiger charge is 2.14. The first-order valence-corrected chi connectivity index (χ1v) is 7.38. The van der Waals surface area contributed by atoms with Crippen LogP contribution in [0.15, 0.2) is 58.6 Å². The Morgan fingerprint density at radius 2 is 1.83 bits per heavy atom. The number of ketones is 1. The second-order valence-electron chi connectivity index (χ2n) is 3.86. The molecule has 0 radical (unpaired) electrons. The Hall–Kier alpha value is -1.71. The van der Waals surface area contributed by atoms with Crippen LogP contribution in [0.4, 0.5) is 0 Å². The van der Waals surface area contributed by atoms with Gasteiger partial charge in [-0.05, 0) is 39.4 Å². The van der Waals surface area contributed by atoms with Gasteiger partial charge in [-0.15, -0.1) is 11.3 Å². The van der Waals surface area contributed by atoms with Gasteiger partial charge >= 0.3 is 0 Å². The number of carbonyl (C=O) groups excluding carboxylic acids is 1. The molecule has 2 heterocycles. The zero-order valence-corrected chi connectivity index (χ0v) is 11.1. The zero-order chi connectivity index (χ0) is 12.4. The van der Waals surface area contributed by atoms with E-state index in [0.29, 0.717) is 0 Å². The maximum absolute atomic E-state index is 12.4. The van der Waals surface area contributed by atoms with E-state index in [1.807, 2.05) is 53.2 Å². The summed E-state index contributed by atoms with van der Waals surface area (Å²) in [7, 11) is 0. The molecule has 0 aliphatic rings. The van der Waals surface area contributed by atoms with Gasteiger partial charge in [0.2, 0.25) is 5.78 Å². The number of rotatable bonds is 3. The molecule has 0 saturated carbocycles. The van der Waals surface area contributed by atoms with Crippen LogP contribution in [0.2, 0.25) is 0 Å². The summed E-state index contributed by atoms with van der Waals surface area (Å²) in [4.78, 5) is 13.2. The molecule has 0 unspecified atom stereocenters. The molecular weight excluding hydrogens is 260 g/mol. The summed E-state index contributed by atoms with van der Waals surface area (Å²) in [6, 6.07) is 13.6. The van der Waals surface area contributed by atoms with Crippen molar-refractivity contribution in [3.63, 3.8) is 0 Å². The minimum Gasteiger partial charge on any atom is -0.288 e. The lowest BCUT2D eigenvalue weighted by Crippen LogP contribution is -2.00. The van der Waals surface area contributed by atoms with Crippen LogP contribution >= 0.6 is 22.7 Å². The second kappa shape index (κ2) is 4.88. The van der Waals surface area contributed by atoms with E-state index in [1.54, 1.807) is 11.3 Å². The summed E-state index contributed by atoms with van der Waals surface area (Å²) in [5.41, 5.74) is 2.90. The molecule has 0 aliphatic carbocycles. The fourth-order valence-electron chi connectivity index (χ4n) is 1.89. The lowest BCUT2D eigenvalue weighted by Gasteiger charge is -2.05. The van der Waals surface area contributed by atoms with Crippen molar-refractivity contribution in [2.75, 3.05) is 0 Å². The van der Waals surface area contributed by atoms with E-state index in [-0.39, 0.29) is 5.78 Å². The molecule has 1 aromatic carbocycles. The standard InChI is InChI=1S/C15H10OS2/c16-15(14-6-3-8-18-14)13-5-2-1-4-12(13)11-7-9-17-10-11/h1-10H. The van der Waals surface area contributed by atoms with Crippen molar-refractivity contribution in [1.82, 2.24) is 0 Å². The van der Waals surface area contributed by atoms with Gasteiger partial charge in [-0.2, -0.15) is 11.3 Å². The maximum Gasteiger partial charge on any atom is 0.203 e. The Balaban J connectivity index is 2.10. The minimum atomic E-state index is 0.104. The van der Waals surface area contributed by atoms with Gasteiger partial charge in [-0.25, -0.2) is 0 Å². The van der Waals surface area contributed by atoms with Gasteiger partial charge < -0.3 is 0 Å². The molecule has 0 amide bonds. The molecular formula is C15H10OS2. The van der Waals surface area contributed by atoms with Crippen LogP contribution < -0.4 is 0 Å². The fraction of sp³-hybridized carbons (Fsp3) is 0. The van der Waals surface area contributed by atoms with E-state index in [1.165, 1.54) is 11.3 Å². The normalized spacial score (nSPS) is 10.4. The number of hydrogen-bond donors (Lipinski definition) is 0. The highest BCUT2D eigenvalue weighted by atomic mass is 32.1. The van der Waals surface area contributed by atoms with Crippen LogP contribution in [0.25, 0.3) is 11.1 Å². The van der Waals surface area contributed by atoms with Crippen molar-refractivity contribution < 1.29 is 4.79 Å². The predicted molar refractivity (Wildman–Crippen MR) is 77.5 cm³/mol. The number of hydrogen-bond acceptors (Lipinski definition) is 3. The lowest BCUT2D eigenvalue weighted by molar-refractivity contribution is 0.104. The van der Waals surface area contributed by atoms with Crippen LogP contribution in [0, 0.1) is 0 Å². The third-order valence-corrected chi connectivity index (χ3v) is 4.30. The Morgan fingerprint density at radius 1 is 0.944 bits per heavy atom. The molecule has 0 N–H and O–H groups in total.